The molecule has 0 unspecified atom stereocenters. The minimum Gasteiger partial charge on any atom is -0.366 e. The Morgan fingerprint density at radius 3 is 2.40 bits per heavy atom. The van der Waals surface area contributed by atoms with Crippen LogP contribution in [0.3, 0.4) is 0 Å². The molecule has 1 N–H and O–H groups in total. The highest BCUT2D eigenvalue weighted by Crippen LogP contribution is 2.32. The van der Waals surface area contributed by atoms with Crippen LogP contribution in [0.25, 0.3) is 0 Å². The summed E-state index contributed by atoms with van der Waals surface area (Å²) in [5, 5.41) is 3.53. The summed E-state index contributed by atoms with van der Waals surface area (Å²) < 4.78 is 15.6. The highest BCUT2D eigenvalue weighted by molar-refractivity contribution is 5.47. The van der Waals surface area contributed by atoms with Crippen molar-refractivity contribution in [3.05, 3.63) is 83.3 Å². The number of nitrogens with one attached hydrogen (secondary N) is 1. The summed E-state index contributed by atoms with van der Waals surface area (Å²) in [5.74, 6) is -0.178. The first-order valence-corrected chi connectivity index (χ1v) is 10.9. The van der Waals surface area contributed by atoms with Crippen molar-refractivity contribution >= 4 is 0 Å². The van der Waals surface area contributed by atoms with Gasteiger partial charge in [-0.2, -0.15) is 0 Å². The molecule has 2 aliphatic heterocycles. The van der Waals surface area contributed by atoms with E-state index in [1.54, 1.807) is 6.08 Å². The summed E-state index contributed by atoms with van der Waals surface area (Å²) in [6, 6.07) is 0.415. The van der Waals surface area contributed by atoms with Crippen LogP contribution in [0.2, 0.25) is 0 Å². The molecule has 2 heterocycles. The first-order chi connectivity index (χ1) is 14.2. The van der Waals surface area contributed by atoms with E-state index in [1.165, 1.54) is 0 Å². The lowest BCUT2D eigenvalue weighted by Gasteiger charge is -2.43. The van der Waals surface area contributed by atoms with E-state index in [1.807, 2.05) is 38.1 Å². The van der Waals surface area contributed by atoms with Crippen LogP contribution in [-0.4, -0.2) is 35.5 Å². The number of nitrogens with zero attached hydrogens (tertiary/aromatic N) is 2. The lowest BCUT2D eigenvalue weighted by molar-refractivity contribution is 0.169. The monoisotopic (exact) mass is 411 g/mol. The van der Waals surface area contributed by atoms with E-state index >= 15 is 4.39 Å². The fourth-order valence-electron chi connectivity index (χ4n) is 3.80. The number of allylic oxidation sites excluding steroid dienone is 8. The second-order valence-corrected chi connectivity index (χ2v) is 8.50. The van der Waals surface area contributed by atoms with Crippen LogP contribution in [0.1, 0.15) is 53.9 Å². The second kappa shape index (κ2) is 10.6. The lowest BCUT2D eigenvalue weighted by atomic mass is 9.96. The Balaban J connectivity index is 2.54. The van der Waals surface area contributed by atoms with Gasteiger partial charge in [0.25, 0.3) is 0 Å². The lowest BCUT2D eigenvalue weighted by Crippen LogP contribution is -2.57. The third-order valence-electron chi connectivity index (χ3n) is 5.50. The van der Waals surface area contributed by atoms with E-state index < -0.39 is 0 Å². The van der Waals surface area contributed by atoms with Crippen LogP contribution < -0.4 is 5.32 Å². The molecule has 0 aromatic carbocycles. The van der Waals surface area contributed by atoms with Crippen molar-refractivity contribution in [2.45, 2.75) is 59.9 Å². The Labute approximate surface area is 182 Å². The third-order valence-corrected chi connectivity index (χ3v) is 5.50. The molecular formula is C26H38FN3. The van der Waals surface area contributed by atoms with E-state index in [0.717, 1.165) is 66.0 Å². The minimum atomic E-state index is -0.178. The maximum absolute atomic E-state index is 15.6. The Hall–Kier alpha value is -2.33. The number of rotatable bonds is 7. The Morgan fingerprint density at radius 1 is 1.20 bits per heavy atom. The van der Waals surface area contributed by atoms with Gasteiger partial charge in [-0.05, 0) is 74.9 Å². The Kier molecular flexibility index (Phi) is 8.48. The fourth-order valence-corrected chi connectivity index (χ4v) is 3.80. The molecule has 0 aliphatic carbocycles. The van der Waals surface area contributed by atoms with Crippen molar-refractivity contribution in [2.24, 2.45) is 0 Å². The summed E-state index contributed by atoms with van der Waals surface area (Å²) in [7, 11) is 0. The van der Waals surface area contributed by atoms with Gasteiger partial charge in [0.15, 0.2) is 0 Å². The number of hydrogen-bond donors (Lipinski definition) is 1. The molecule has 1 fully saturated rings. The van der Waals surface area contributed by atoms with Crippen molar-refractivity contribution in [1.29, 1.82) is 0 Å². The van der Waals surface area contributed by atoms with Gasteiger partial charge in [0, 0.05) is 37.2 Å². The molecule has 0 atom stereocenters. The summed E-state index contributed by atoms with van der Waals surface area (Å²) in [5.41, 5.74) is 6.30. The summed E-state index contributed by atoms with van der Waals surface area (Å²) >= 11 is 0. The van der Waals surface area contributed by atoms with E-state index in [2.05, 4.69) is 43.8 Å². The van der Waals surface area contributed by atoms with Crippen molar-refractivity contribution in [3.8, 4) is 0 Å². The largest absolute Gasteiger partial charge is 0.366 e. The standard InChI is InChI=1S/C26H38FN3/c1-9-11-28-23-15-30(16-23)26-22(10-2)14-29(19(5)6)17-24(18(3)4)21(8)12-20(7)13-25(26)27/h13-14,17,23,28H,3,5,8-12,15-16H2,1-2,4,6-7H3/b20-13+,22-14+,24-17-,26-25-. The number of hydrogen-bond acceptors (Lipinski definition) is 3. The molecular weight excluding hydrogens is 373 g/mol. The zero-order chi connectivity index (χ0) is 22.4. The molecule has 0 bridgehead atoms. The van der Waals surface area contributed by atoms with Crippen LogP contribution in [0.4, 0.5) is 4.39 Å². The molecule has 30 heavy (non-hydrogen) atoms. The molecule has 0 saturated carbocycles. The van der Waals surface area contributed by atoms with E-state index in [-0.39, 0.29) is 5.83 Å². The van der Waals surface area contributed by atoms with Gasteiger partial charge >= 0.3 is 0 Å². The predicted octanol–water partition coefficient (Wildman–Crippen LogP) is 6.35. The van der Waals surface area contributed by atoms with Crippen molar-refractivity contribution in [3.63, 3.8) is 0 Å². The van der Waals surface area contributed by atoms with E-state index in [9.17, 15) is 0 Å². The molecule has 0 aromatic rings. The molecule has 0 radical (unpaired) electrons. The van der Waals surface area contributed by atoms with Crippen LogP contribution in [0, 0.1) is 0 Å². The van der Waals surface area contributed by atoms with Crippen LogP contribution in [0.15, 0.2) is 83.3 Å². The first-order valence-electron chi connectivity index (χ1n) is 10.9. The fraction of sp³-hybridized carbons (Fsp3) is 0.462. The topological polar surface area (TPSA) is 18.5 Å². The van der Waals surface area contributed by atoms with Gasteiger partial charge in [0.2, 0.25) is 0 Å². The van der Waals surface area contributed by atoms with Gasteiger partial charge in [0.05, 0.1) is 5.70 Å². The van der Waals surface area contributed by atoms with Gasteiger partial charge < -0.3 is 15.1 Å². The maximum atomic E-state index is 15.6. The van der Waals surface area contributed by atoms with Gasteiger partial charge in [-0.15, -0.1) is 0 Å². The molecule has 2 aliphatic rings. The molecule has 4 heteroatoms. The number of halogens is 1. The summed E-state index contributed by atoms with van der Waals surface area (Å²) in [6.07, 6.45) is 8.13. The zero-order valence-electron chi connectivity index (χ0n) is 19.4. The first kappa shape index (κ1) is 23.9. The molecule has 0 amide bonds. The van der Waals surface area contributed by atoms with Crippen molar-refractivity contribution in [2.75, 3.05) is 19.6 Å². The molecule has 0 aromatic heterocycles. The van der Waals surface area contributed by atoms with Crippen molar-refractivity contribution in [1.82, 2.24) is 15.1 Å². The van der Waals surface area contributed by atoms with Crippen LogP contribution in [0.5, 0.6) is 0 Å². The molecule has 164 valence electrons. The third kappa shape index (κ3) is 5.85. The average molecular weight is 412 g/mol. The summed E-state index contributed by atoms with van der Waals surface area (Å²) in [4.78, 5) is 4.13. The van der Waals surface area contributed by atoms with E-state index in [0.29, 0.717) is 18.2 Å². The smallest absolute Gasteiger partial charge is 0.146 e. The Morgan fingerprint density at radius 2 is 1.87 bits per heavy atom. The maximum Gasteiger partial charge on any atom is 0.146 e. The predicted molar refractivity (Wildman–Crippen MR) is 127 cm³/mol. The molecule has 2 rings (SSSR count). The van der Waals surface area contributed by atoms with Gasteiger partial charge in [-0.1, -0.05) is 39.2 Å². The van der Waals surface area contributed by atoms with E-state index in [4.69, 9.17) is 0 Å². The average Bonchev–Trinajstić information content (AvgIpc) is 2.64. The SMILES string of the molecule is C=C(C)/C1=C/N(C(=C)C)/C=C(CC)/C(N2CC(NCCC)C2)=C(F)\C=C(/C)CC1=C. The van der Waals surface area contributed by atoms with Crippen LogP contribution in [-0.2, 0) is 0 Å². The molecule has 3 nitrogen and oxygen atoms in total. The normalized spacial score (nSPS) is 26.6. The van der Waals surface area contributed by atoms with Crippen LogP contribution >= 0.6 is 0 Å². The highest BCUT2D eigenvalue weighted by atomic mass is 19.1. The highest BCUT2D eigenvalue weighted by Gasteiger charge is 2.31. The van der Waals surface area contributed by atoms with Gasteiger partial charge in [-0.3, -0.25) is 0 Å². The summed E-state index contributed by atoms with van der Waals surface area (Å²) in [6.45, 7) is 25.3. The van der Waals surface area contributed by atoms with Gasteiger partial charge in [-0.25, -0.2) is 4.39 Å². The quantitative estimate of drug-likeness (QED) is 0.527. The molecule has 0 spiro atoms. The minimum absolute atomic E-state index is 0.178. The second-order valence-electron chi connectivity index (χ2n) is 8.50. The molecule has 1 saturated heterocycles. The zero-order valence-corrected chi connectivity index (χ0v) is 19.4. The van der Waals surface area contributed by atoms with Gasteiger partial charge in [0.1, 0.15) is 5.83 Å². The Bertz CT molecular complexity index is 819. The van der Waals surface area contributed by atoms with Crippen molar-refractivity contribution < 1.29 is 4.39 Å². The number of likely N-dealkylation sites (tertiary alicyclic amines) is 1.